The van der Waals surface area contributed by atoms with Gasteiger partial charge in [0.25, 0.3) is 0 Å². The van der Waals surface area contributed by atoms with Crippen molar-refractivity contribution in [3.63, 3.8) is 0 Å². The number of nitrogens with one attached hydrogen (secondary N) is 1. The van der Waals surface area contributed by atoms with Gasteiger partial charge in [-0.05, 0) is 55.9 Å². The fraction of sp³-hybridized carbons (Fsp3) is 1.00. The molecule has 0 aromatic carbocycles. The molecule has 0 saturated heterocycles. The first-order valence-electron chi connectivity index (χ1n) is 5.63. The topological polar surface area (TPSA) is 12.0 Å². The van der Waals surface area contributed by atoms with Crippen molar-refractivity contribution in [1.82, 2.24) is 5.32 Å². The molecule has 0 spiro atoms. The normalized spacial score (nSPS) is 54.2. The Morgan fingerprint density at radius 1 is 1.08 bits per heavy atom. The summed E-state index contributed by atoms with van der Waals surface area (Å²) in [6.07, 6.45) is 5.95. The second kappa shape index (κ2) is 2.47. The average Bonchev–Trinajstić information content (AvgIpc) is 2.71. The number of hydrogen-bond donors (Lipinski definition) is 1. The van der Waals surface area contributed by atoms with E-state index >= 15 is 0 Å². The molecule has 0 radical (unpaired) electrons. The molecule has 3 aliphatic rings. The van der Waals surface area contributed by atoms with Crippen molar-refractivity contribution < 1.29 is 0 Å². The fourth-order valence-electron chi connectivity index (χ4n) is 3.77. The highest BCUT2D eigenvalue weighted by Gasteiger charge is 2.60. The summed E-state index contributed by atoms with van der Waals surface area (Å²) >= 11 is 0. The second-order valence-electron chi connectivity index (χ2n) is 5.02. The van der Waals surface area contributed by atoms with E-state index in [0.29, 0.717) is 0 Å². The van der Waals surface area contributed by atoms with Gasteiger partial charge in [-0.15, -0.1) is 0 Å². The molecule has 0 aromatic rings. The lowest BCUT2D eigenvalue weighted by Crippen LogP contribution is -2.35. The molecule has 1 heteroatoms. The molecule has 3 fully saturated rings. The molecule has 0 aromatic heterocycles. The van der Waals surface area contributed by atoms with Gasteiger partial charge in [0.1, 0.15) is 0 Å². The first kappa shape index (κ1) is 7.37. The molecule has 3 aliphatic carbocycles. The lowest BCUT2D eigenvalue weighted by molar-refractivity contribution is 0.337. The maximum Gasteiger partial charge on any atom is 0.0101 e. The monoisotopic (exact) mass is 165 g/mol. The van der Waals surface area contributed by atoms with Gasteiger partial charge in [-0.25, -0.2) is 0 Å². The third kappa shape index (κ3) is 0.891. The van der Waals surface area contributed by atoms with Crippen molar-refractivity contribution >= 4 is 0 Å². The van der Waals surface area contributed by atoms with E-state index < -0.39 is 0 Å². The first-order valence-corrected chi connectivity index (χ1v) is 5.63. The van der Waals surface area contributed by atoms with Crippen LogP contribution < -0.4 is 5.32 Å². The molecule has 0 aliphatic heterocycles. The zero-order valence-electron chi connectivity index (χ0n) is 7.92. The zero-order valence-corrected chi connectivity index (χ0v) is 7.92. The summed E-state index contributed by atoms with van der Waals surface area (Å²) in [6.45, 7) is 3.51. The minimum absolute atomic E-state index is 0.915. The molecule has 3 saturated carbocycles. The summed E-state index contributed by atoms with van der Waals surface area (Å²) in [5.41, 5.74) is 0. The van der Waals surface area contributed by atoms with Crippen molar-refractivity contribution in [2.75, 3.05) is 6.54 Å². The Morgan fingerprint density at radius 3 is 2.67 bits per heavy atom. The van der Waals surface area contributed by atoms with Crippen LogP contribution in [0.1, 0.15) is 32.6 Å². The quantitative estimate of drug-likeness (QED) is 0.674. The van der Waals surface area contributed by atoms with Crippen LogP contribution in [0.25, 0.3) is 0 Å². The maximum atomic E-state index is 3.72. The Kier molecular flexibility index (Phi) is 1.52. The van der Waals surface area contributed by atoms with Gasteiger partial charge in [-0.3, -0.25) is 0 Å². The Hall–Kier alpha value is -0.0400. The third-order valence-electron chi connectivity index (χ3n) is 4.35. The van der Waals surface area contributed by atoms with Crippen molar-refractivity contribution in [2.24, 2.45) is 23.7 Å². The minimum Gasteiger partial charge on any atom is -0.314 e. The van der Waals surface area contributed by atoms with Crippen molar-refractivity contribution in [3.8, 4) is 0 Å². The number of fused-ring (bicyclic) bond motifs is 5. The predicted molar refractivity (Wildman–Crippen MR) is 49.9 cm³/mol. The minimum atomic E-state index is 0.915. The largest absolute Gasteiger partial charge is 0.314 e. The van der Waals surface area contributed by atoms with E-state index in [0.717, 1.165) is 23.8 Å². The molecule has 0 heterocycles. The van der Waals surface area contributed by atoms with E-state index in [1.54, 1.807) is 12.8 Å². The molecule has 0 amide bonds. The summed E-state index contributed by atoms with van der Waals surface area (Å²) < 4.78 is 0. The van der Waals surface area contributed by atoms with Crippen LogP contribution in [0.15, 0.2) is 0 Å². The maximum absolute atomic E-state index is 3.72. The third-order valence-corrected chi connectivity index (χ3v) is 4.35. The summed E-state index contributed by atoms with van der Waals surface area (Å²) in [4.78, 5) is 0. The van der Waals surface area contributed by atoms with E-state index in [1.807, 2.05) is 0 Å². The molecule has 68 valence electrons. The summed E-state index contributed by atoms with van der Waals surface area (Å²) in [7, 11) is 0. The van der Waals surface area contributed by atoms with Crippen LogP contribution >= 0.6 is 0 Å². The van der Waals surface area contributed by atoms with Crippen LogP contribution in [0, 0.1) is 23.7 Å². The van der Waals surface area contributed by atoms with E-state index in [4.69, 9.17) is 0 Å². The van der Waals surface area contributed by atoms with Gasteiger partial charge >= 0.3 is 0 Å². The Balaban J connectivity index is 1.61. The standard InChI is InChI=1S/C11H19N/c1-2-3-12-11-5-7-4-10(11)9-6-8(7)9/h7-12H,2-6H2,1H3. The van der Waals surface area contributed by atoms with Gasteiger partial charge < -0.3 is 5.32 Å². The van der Waals surface area contributed by atoms with E-state index in [-0.39, 0.29) is 0 Å². The number of rotatable bonds is 3. The van der Waals surface area contributed by atoms with E-state index in [9.17, 15) is 0 Å². The highest BCUT2D eigenvalue weighted by Crippen LogP contribution is 2.65. The highest BCUT2D eigenvalue weighted by molar-refractivity contribution is 5.11. The molecule has 1 N–H and O–H groups in total. The van der Waals surface area contributed by atoms with Gasteiger partial charge in [0.2, 0.25) is 0 Å². The molecule has 5 atom stereocenters. The summed E-state index contributed by atoms with van der Waals surface area (Å²) in [5.74, 6) is 4.58. The van der Waals surface area contributed by atoms with Crippen LogP contribution in [-0.2, 0) is 0 Å². The fourth-order valence-corrected chi connectivity index (χ4v) is 3.77. The SMILES string of the molecule is CCCNC1CC2CC1C1CC21. The molecular weight excluding hydrogens is 146 g/mol. The van der Waals surface area contributed by atoms with Crippen LogP contribution in [-0.4, -0.2) is 12.6 Å². The Labute approximate surface area is 74.9 Å². The highest BCUT2D eigenvalue weighted by atomic mass is 14.9. The first-order chi connectivity index (χ1) is 5.90. The zero-order chi connectivity index (χ0) is 8.13. The molecule has 12 heavy (non-hydrogen) atoms. The summed E-state index contributed by atoms with van der Waals surface area (Å²) in [6, 6.07) is 0.915. The predicted octanol–water partition coefficient (Wildman–Crippen LogP) is 2.03. The van der Waals surface area contributed by atoms with Crippen LogP contribution in [0.2, 0.25) is 0 Å². The van der Waals surface area contributed by atoms with Crippen LogP contribution in [0.5, 0.6) is 0 Å². The molecule has 1 nitrogen and oxygen atoms in total. The van der Waals surface area contributed by atoms with E-state index in [1.165, 1.54) is 25.3 Å². The van der Waals surface area contributed by atoms with Gasteiger partial charge in [-0.1, -0.05) is 6.92 Å². The van der Waals surface area contributed by atoms with Crippen LogP contribution in [0.4, 0.5) is 0 Å². The lowest BCUT2D eigenvalue weighted by atomic mass is 9.95. The van der Waals surface area contributed by atoms with Gasteiger partial charge in [0, 0.05) is 6.04 Å². The van der Waals surface area contributed by atoms with Crippen LogP contribution in [0.3, 0.4) is 0 Å². The molecule has 3 rings (SSSR count). The van der Waals surface area contributed by atoms with Crippen molar-refractivity contribution in [3.05, 3.63) is 0 Å². The smallest absolute Gasteiger partial charge is 0.0101 e. The van der Waals surface area contributed by atoms with Gasteiger partial charge in [-0.2, -0.15) is 0 Å². The number of hydrogen-bond acceptors (Lipinski definition) is 1. The average molecular weight is 165 g/mol. The summed E-state index contributed by atoms with van der Waals surface area (Å²) in [5, 5.41) is 3.72. The lowest BCUT2D eigenvalue weighted by Gasteiger charge is -2.22. The second-order valence-corrected chi connectivity index (χ2v) is 5.02. The van der Waals surface area contributed by atoms with Gasteiger partial charge in [0.05, 0.1) is 0 Å². The molecule has 5 unspecified atom stereocenters. The Bertz CT molecular complexity index is 189. The Morgan fingerprint density at radius 2 is 2.00 bits per heavy atom. The molecule has 2 bridgehead atoms. The van der Waals surface area contributed by atoms with Crippen molar-refractivity contribution in [2.45, 2.75) is 38.6 Å². The van der Waals surface area contributed by atoms with Crippen molar-refractivity contribution in [1.29, 1.82) is 0 Å². The van der Waals surface area contributed by atoms with Gasteiger partial charge in [0.15, 0.2) is 0 Å². The molecular formula is C11H19N. The van der Waals surface area contributed by atoms with E-state index in [2.05, 4.69) is 12.2 Å².